The zero-order valence-electron chi connectivity index (χ0n) is 8.31. The topological polar surface area (TPSA) is 12.5 Å². The van der Waals surface area contributed by atoms with Gasteiger partial charge in [-0.1, -0.05) is 25.7 Å². The molecular weight excluding hydrogens is 148 g/mol. The fourth-order valence-electron chi connectivity index (χ4n) is 1.17. The normalized spacial score (nSPS) is 32.4. The van der Waals surface area contributed by atoms with Gasteiger partial charge in [0.15, 0.2) is 5.60 Å². The highest BCUT2D eigenvalue weighted by Crippen LogP contribution is 2.34. The van der Waals surface area contributed by atoms with Crippen LogP contribution in [0.3, 0.4) is 0 Å². The molecule has 2 atom stereocenters. The quantitative estimate of drug-likeness (QED) is 0.357. The Hall–Kier alpha value is -0.480. The third kappa shape index (κ3) is 2.53. The highest BCUT2D eigenvalue weighted by atomic mass is 16.6. The number of rotatable bonds is 3. The van der Waals surface area contributed by atoms with Gasteiger partial charge in [-0.05, 0) is 20.3 Å². The first-order valence-corrected chi connectivity index (χ1v) is 4.87. The van der Waals surface area contributed by atoms with E-state index in [1.165, 1.54) is 19.3 Å². The average Bonchev–Trinajstić information content (AvgIpc) is 2.60. The first-order chi connectivity index (χ1) is 5.69. The third-order valence-corrected chi connectivity index (χ3v) is 2.38. The van der Waals surface area contributed by atoms with Crippen molar-refractivity contribution in [2.24, 2.45) is 0 Å². The predicted molar refractivity (Wildman–Crippen MR) is 50.9 cm³/mol. The number of hydrogen-bond acceptors (Lipinski definition) is 1. The molecule has 0 aromatic carbocycles. The molecular formula is C11H18O. The van der Waals surface area contributed by atoms with Crippen LogP contribution >= 0.6 is 0 Å². The first kappa shape index (κ1) is 9.61. The van der Waals surface area contributed by atoms with E-state index in [-0.39, 0.29) is 5.60 Å². The molecule has 0 spiro atoms. The van der Waals surface area contributed by atoms with Crippen LogP contribution in [0.25, 0.3) is 0 Å². The molecule has 1 rings (SSSR count). The molecule has 68 valence electrons. The van der Waals surface area contributed by atoms with E-state index in [4.69, 9.17) is 4.74 Å². The van der Waals surface area contributed by atoms with Crippen molar-refractivity contribution >= 4 is 0 Å². The van der Waals surface area contributed by atoms with Crippen molar-refractivity contribution in [2.75, 3.05) is 0 Å². The monoisotopic (exact) mass is 166 g/mol. The fourth-order valence-corrected chi connectivity index (χ4v) is 1.17. The minimum atomic E-state index is -0.105. The number of hydrogen-bond donors (Lipinski definition) is 0. The smallest absolute Gasteiger partial charge is 0.152 e. The molecule has 0 unspecified atom stereocenters. The molecule has 1 heteroatoms. The van der Waals surface area contributed by atoms with Crippen molar-refractivity contribution in [3.63, 3.8) is 0 Å². The van der Waals surface area contributed by atoms with Gasteiger partial charge in [0.1, 0.15) is 0 Å². The van der Waals surface area contributed by atoms with Crippen LogP contribution < -0.4 is 0 Å². The van der Waals surface area contributed by atoms with E-state index < -0.39 is 0 Å². The summed E-state index contributed by atoms with van der Waals surface area (Å²) in [5.74, 6) is 6.35. The molecule has 0 amide bonds. The van der Waals surface area contributed by atoms with Gasteiger partial charge in [-0.2, -0.15) is 0 Å². The maximum absolute atomic E-state index is 5.34. The molecule has 1 fully saturated rings. The summed E-state index contributed by atoms with van der Waals surface area (Å²) >= 11 is 0. The van der Waals surface area contributed by atoms with Gasteiger partial charge in [0.25, 0.3) is 0 Å². The van der Waals surface area contributed by atoms with E-state index >= 15 is 0 Å². The van der Waals surface area contributed by atoms with Crippen LogP contribution in [0.2, 0.25) is 0 Å². The Morgan fingerprint density at radius 1 is 1.42 bits per heavy atom. The molecule has 0 bridgehead atoms. The maximum Gasteiger partial charge on any atom is 0.152 e. The van der Waals surface area contributed by atoms with Gasteiger partial charge in [-0.3, -0.25) is 0 Å². The van der Waals surface area contributed by atoms with Crippen LogP contribution in [0.15, 0.2) is 0 Å². The van der Waals surface area contributed by atoms with Gasteiger partial charge in [0, 0.05) is 6.42 Å². The Balaban J connectivity index is 2.13. The highest BCUT2D eigenvalue weighted by molar-refractivity contribution is 5.22. The molecule has 0 radical (unpaired) electrons. The molecule has 0 aromatic rings. The summed E-state index contributed by atoms with van der Waals surface area (Å²) in [6, 6.07) is 0. The second-order valence-corrected chi connectivity index (χ2v) is 3.63. The average molecular weight is 166 g/mol. The largest absolute Gasteiger partial charge is 0.353 e. The van der Waals surface area contributed by atoms with Crippen molar-refractivity contribution in [3.05, 3.63) is 0 Å². The van der Waals surface area contributed by atoms with Crippen molar-refractivity contribution in [1.82, 2.24) is 0 Å². The molecule has 1 aliphatic rings. The van der Waals surface area contributed by atoms with Gasteiger partial charge >= 0.3 is 0 Å². The Labute approximate surface area is 75.5 Å². The SMILES string of the molecule is CCCCCC#C[C@@]1(C)O[C@H]1C. The van der Waals surface area contributed by atoms with Crippen LogP contribution in [-0.4, -0.2) is 11.7 Å². The summed E-state index contributed by atoms with van der Waals surface area (Å²) in [6.45, 7) is 6.34. The molecule has 0 N–H and O–H groups in total. The van der Waals surface area contributed by atoms with Gasteiger partial charge in [-0.15, -0.1) is 5.92 Å². The van der Waals surface area contributed by atoms with Crippen LogP contribution in [0.5, 0.6) is 0 Å². The van der Waals surface area contributed by atoms with E-state index in [9.17, 15) is 0 Å². The Morgan fingerprint density at radius 3 is 2.58 bits per heavy atom. The van der Waals surface area contributed by atoms with E-state index in [2.05, 4.69) is 32.6 Å². The van der Waals surface area contributed by atoms with Crippen LogP contribution in [0.4, 0.5) is 0 Å². The Morgan fingerprint density at radius 2 is 2.08 bits per heavy atom. The van der Waals surface area contributed by atoms with E-state index in [1.54, 1.807) is 0 Å². The lowest BCUT2D eigenvalue weighted by molar-refractivity contribution is 0.355. The highest BCUT2D eigenvalue weighted by Gasteiger charge is 2.47. The molecule has 0 saturated carbocycles. The van der Waals surface area contributed by atoms with Crippen LogP contribution in [0.1, 0.15) is 46.5 Å². The van der Waals surface area contributed by atoms with Gasteiger partial charge in [0.05, 0.1) is 6.10 Å². The molecule has 12 heavy (non-hydrogen) atoms. The summed E-state index contributed by atoms with van der Waals surface area (Å²) in [7, 11) is 0. The second kappa shape index (κ2) is 3.96. The lowest BCUT2D eigenvalue weighted by atomic mass is 10.1. The Kier molecular flexibility index (Phi) is 3.17. The number of ether oxygens (including phenoxy) is 1. The lowest BCUT2D eigenvalue weighted by Crippen LogP contribution is -2.02. The van der Waals surface area contributed by atoms with Crippen LogP contribution in [0, 0.1) is 11.8 Å². The fraction of sp³-hybridized carbons (Fsp3) is 0.818. The molecule has 1 heterocycles. The van der Waals surface area contributed by atoms with Gasteiger partial charge in [0.2, 0.25) is 0 Å². The predicted octanol–water partition coefficient (Wildman–Crippen LogP) is 2.75. The van der Waals surface area contributed by atoms with Crippen molar-refractivity contribution < 1.29 is 4.74 Å². The van der Waals surface area contributed by atoms with Crippen molar-refractivity contribution in [1.29, 1.82) is 0 Å². The van der Waals surface area contributed by atoms with E-state index in [1.807, 2.05) is 0 Å². The van der Waals surface area contributed by atoms with Crippen molar-refractivity contribution in [2.45, 2.75) is 58.2 Å². The second-order valence-electron chi connectivity index (χ2n) is 3.63. The maximum atomic E-state index is 5.34. The van der Waals surface area contributed by atoms with Crippen molar-refractivity contribution in [3.8, 4) is 11.8 Å². The minimum Gasteiger partial charge on any atom is -0.353 e. The zero-order chi connectivity index (χ0) is 9.03. The summed E-state index contributed by atoms with van der Waals surface area (Å²) in [6.07, 6.45) is 5.16. The Bertz CT molecular complexity index is 199. The lowest BCUT2D eigenvalue weighted by Gasteiger charge is -1.91. The first-order valence-electron chi connectivity index (χ1n) is 4.87. The van der Waals surface area contributed by atoms with Gasteiger partial charge in [-0.25, -0.2) is 0 Å². The third-order valence-electron chi connectivity index (χ3n) is 2.38. The molecule has 0 aromatic heterocycles. The number of epoxide rings is 1. The summed E-state index contributed by atoms with van der Waals surface area (Å²) in [4.78, 5) is 0. The van der Waals surface area contributed by atoms with Gasteiger partial charge < -0.3 is 4.74 Å². The summed E-state index contributed by atoms with van der Waals surface area (Å²) in [5, 5.41) is 0. The zero-order valence-corrected chi connectivity index (χ0v) is 8.31. The molecule has 1 saturated heterocycles. The molecule has 1 nitrogen and oxygen atoms in total. The molecule has 1 aliphatic heterocycles. The number of unbranched alkanes of at least 4 members (excludes halogenated alkanes) is 3. The van der Waals surface area contributed by atoms with Crippen LogP contribution in [-0.2, 0) is 4.74 Å². The van der Waals surface area contributed by atoms with E-state index in [0.717, 1.165) is 6.42 Å². The summed E-state index contributed by atoms with van der Waals surface area (Å²) < 4.78 is 5.34. The van der Waals surface area contributed by atoms with E-state index in [0.29, 0.717) is 6.10 Å². The standard InChI is InChI=1S/C11H18O/c1-4-5-6-7-8-9-11(3)10(2)12-11/h10H,4-7H2,1-3H3/t10-,11+/m0/s1. The summed E-state index contributed by atoms with van der Waals surface area (Å²) in [5.41, 5.74) is -0.105. The molecule has 0 aliphatic carbocycles. The minimum absolute atomic E-state index is 0.105.